The Kier molecular flexibility index (Phi) is 3.82. The van der Waals surface area contributed by atoms with E-state index < -0.39 is 42.7 Å². The van der Waals surface area contributed by atoms with Crippen molar-refractivity contribution in [3.05, 3.63) is 23.5 Å². The fourth-order valence-electron chi connectivity index (χ4n) is 1.21. The van der Waals surface area contributed by atoms with Gasteiger partial charge in [0.1, 0.15) is 5.82 Å². The lowest BCUT2D eigenvalue weighted by Gasteiger charge is -2.13. The molecule has 0 atom stereocenters. The number of benzene rings is 1. The zero-order valence-electron chi connectivity index (χ0n) is 8.11. The largest absolute Gasteiger partial charge is 0.491 e. The summed E-state index contributed by atoms with van der Waals surface area (Å²) >= 11 is 0. The topological polar surface area (TPSA) is 80.9 Å². The lowest BCUT2D eigenvalue weighted by atomic mass is 9.71. The molecule has 4 nitrogen and oxygen atoms in total. The Labute approximate surface area is 93.4 Å². The zero-order valence-corrected chi connectivity index (χ0v) is 8.11. The van der Waals surface area contributed by atoms with Gasteiger partial charge in [-0.3, -0.25) is 0 Å². The second-order valence-electron chi connectivity index (χ2n) is 3.22. The molecule has 92 valence electrons. The Bertz CT molecular complexity index is 421. The van der Waals surface area contributed by atoms with Crippen molar-refractivity contribution < 1.29 is 37.7 Å². The number of hydrogen-bond acceptors (Lipinski definition) is 4. The van der Waals surface area contributed by atoms with Gasteiger partial charge in [-0.15, -0.1) is 0 Å². The van der Waals surface area contributed by atoms with Crippen LogP contribution in [0.25, 0.3) is 0 Å². The van der Waals surface area contributed by atoms with Crippen LogP contribution in [0.5, 0.6) is 0 Å². The molecule has 0 aliphatic heterocycles. The molecule has 0 fully saturated rings. The molecule has 17 heavy (non-hydrogen) atoms. The fourth-order valence-corrected chi connectivity index (χ4v) is 1.21. The first-order valence-electron chi connectivity index (χ1n) is 4.27. The number of hydrogen-bond donors (Lipinski definition) is 4. The van der Waals surface area contributed by atoms with Gasteiger partial charge in [-0.1, -0.05) is 6.07 Å². The summed E-state index contributed by atoms with van der Waals surface area (Å²) in [6, 6.07) is 0.714. The molecule has 0 amide bonds. The Hall–Kier alpha value is -1.09. The normalized spacial score (nSPS) is 11.5. The van der Waals surface area contributed by atoms with E-state index in [1.807, 2.05) is 0 Å². The van der Waals surface area contributed by atoms with Gasteiger partial charge in [0.05, 0.1) is 5.56 Å². The molecule has 0 saturated carbocycles. The summed E-state index contributed by atoms with van der Waals surface area (Å²) in [4.78, 5) is 0. The highest BCUT2D eigenvalue weighted by Gasteiger charge is 2.38. The van der Waals surface area contributed by atoms with Gasteiger partial charge in [0.25, 0.3) is 0 Å². The summed E-state index contributed by atoms with van der Waals surface area (Å²) in [6.45, 7) is 0. The summed E-state index contributed by atoms with van der Waals surface area (Å²) in [5.74, 6) is -1.86. The molecular weight excluding hydrogens is 246 g/mol. The van der Waals surface area contributed by atoms with Crippen LogP contribution in [0, 0.1) is 5.82 Å². The highest BCUT2D eigenvalue weighted by atomic mass is 19.4. The molecular formula is C7H6B2F4O4. The first-order valence-corrected chi connectivity index (χ1v) is 4.27. The second-order valence-corrected chi connectivity index (χ2v) is 3.22. The minimum absolute atomic E-state index is 0.186. The molecule has 0 aliphatic carbocycles. The van der Waals surface area contributed by atoms with Crippen molar-refractivity contribution >= 4 is 25.2 Å². The predicted molar refractivity (Wildman–Crippen MR) is 51.1 cm³/mol. The van der Waals surface area contributed by atoms with Gasteiger partial charge in [0.15, 0.2) is 0 Å². The van der Waals surface area contributed by atoms with Crippen LogP contribution in [-0.2, 0) is 6.18 Å². The van der Waals surface area contributed by atoms with Crippen LogP contribution in [0.3, 0.4) is 0 Å². The minimum Gasteiger partial charge on any atom is -0.423 e. The van der Waals surface area contributed by atoms with Crippen molar-refractivity contribution in [1.82, 2.24) is 0 Å². The number of halogens is 4. The van der Waals surface area contributed by atoms with Crippen LogP contribution in [0.1, 0.15) is 5.56 Å². The van der Waals surface area contributed by atoms with E-state index in [2.05, 4.69) is 0 Å². The Morgan fingerprint density at radius 2 is 1.47 bits per heavy atom. The third-order valence-electron chi connectivity index (χ3n) is 2.00. The minimum atomic E-state index is -5.08. The second kappa shape index (κ2) is 4.65. The summed E-state index contributed by atoms with van der Waals surface area (Å²) < 4.78 is 50.4. The van der Waals surface area contributed by atoms with Crippen molar-refractivity contribution in [2.75, 3.05) is 0 Å². The van der Waals surface area contributed by atoms with Crippen molar-refractivity contribution in [1.29, 1.82) is 0 Å². The van der Waals surface area contributed by atoms with Gasteiger partial charge < -0.3 is 20.1 Å². The number of rotatable bonds is 2. The zero-order chi connectivity index (χ0) is 13.4. The van der Waals surface area contributed by atoms with E-state index in [0.717, 1.165) is 0 Å². The molecule has 0 unspecified atom stereocenters. The van der Waals surface area contributed by atoms with Crippen molar-refractivity contribution in [2.45, 2.75) is 6.18 Å². The lowest BCUT2D eigenvalue weighted by molar-refractivity contribution is -0.139. The molecule has 0 spiro atoms. The number of alkyl halides is 3. The van der Waals surface area contributed by atoms with Crippen LogP contribution in [0.4, 0.5) is 17.6 Å². The van der Waals surface area contributed by atoms with Gasteiger partial charge >= 0.3 is 20.4 Å². The van der Waals surface area contributed by atoms with Gasteiger partial charge in [0, 0.05) is 5.46 Å². The Morgan fingerprint density at radius 1 is 0.941 bits per heavy atom. The maximum absolute atomic E-state index is 13.3. The van der Waals surface area contributed by atoms with Crippen molar-refractivity contribution in [3.8, 4) is 0 Å². The van der Waals surface area contributed by atoms with Crippen LogP contribution in [0.2, 0.25) is 0 Å². The van der Waals surface area contributed by atoms with Crippen LogP contribution >= 0.6 is 0 Å². The van der Waals surface area contributed by atoms with Gasteiger partial charge in [-0.05, 0) is 11.5 Å². The molecule has 1 rings (SSSR count). The van der Waals surface area contributed by atoms with Gasteiger partial charge in [-0.2, -0.15) is 13.2 Å². The molecule has 1 aromatic carbocycles. The van der Waals surface area contributed by atoms with Crippen LogP contribution in [0.15, 0.2) is 12.1 Å². The third kappa shape index (κ3) is 2.97. The van der Waals surface area contributed by atoms with E-state index in [1.165, 1.54) is 0 Å². The summed E-state index contributed by atoms with van der Waals surface area (Å²) in [5, 5.41) is 34.8. The fraction of sp³-hybridized carbons (Fsp3) is 0.143. The first kappa shape index (κ1) is 14.0. The molecule has 0 radical (unpaired) electrons. The average molecular weight is 252 g/mol. The van der Waals surface area contributed by atoms with Crippen molar-refractivity contribution in [3.63, 3.8) is 0 Å². The maximum Gasteiger partial charge on any atom is 0.491 e. The highest BCUT2D eigenvalue weighted by molar-refractivity contribution is 6.62. The lowest BCUT2D eigenvalue weighted by Crippen LogP contribution is -2.41. The molecule has 0 bridgehead atoms. The van der Waals surface area contributed by atoms with Gasteiger partial charge in [-0.25, -0.2) is 4.39 Å². The molecule has 0 aliphatic rings. The third-order valence-corrected chi connectivity index (χ3v) is 2.00. The summed E-state index contributed by atoms with van der Waals surface area (Å²) in [5.41, 5.74) is -3.57. The van der Waals surface area contributed by atoms with E-state index >= 15 is 0 Å². The average Bonchev–Trinajstić information content (AvgIpc) is 2.15. The van der Waals surface area contributed by atoms with E-state index in [0.29, 0.717) is 6.07 Å². The van der Waals surface area contributed by atoms with Crippen molar-refractivity contribution in [2.24, 2.45) is 0 Å². The molecule has 1 aromatic rings. The first-order chi connectivity index (χ1) is 7.64. The predicted octanol–water partition coefficient (Wildman–Crippen LogP) is -1.80. The molecule has 10 heteroatoms. The van der Waals surface area contributed by atoms with E-state index in [-0.39, 0.29) is 6.07 Å². The molecule has 4 N–H and O–H groups in total. The monoisotopic (exact) mass is 252 g/mol. The highest BCUT2D eigenvalue weighted by Crippen LogP contribution is 2.30. The maximum atomic E-state index is 13.3. The molecule has 0 heterocycles. The molecule has 0 aromatic heterocycles. The summed E-state index contributed by atoms with van der Waals surface area (Å²) in [7, 11) is -4.77. The van der Waals surface area contributed by atoms with E-state index in [4.69, 9.17) is 20.1 Å². The standard InChI is InChI=1S/C7H6B2F4O4/c10-6-4(7(11,12)13)1-3(8(14)15)2-5(6)9(16)17/h1-2,14-17H. The summed E-state index contributed by atoms with van der Waals surface area (Å²) in [6.07, 6.45) is -5.08. The van der Waals surface area contributed by atoms with E-state index in [1.54, 1.807) is 0 Å². The van der Waals surface area contributed by atoms with Gasteiger partial charge in [0.2, 0.25) is 0 Å². The SMILES string of the molecule is OB(O)c1cc(B(O)O)c(F)c(C(F)(F)F)c1. The van der Waals surface area contributed by atoms with Crippen LogP contribution in [-0.4, -0.2) is 34.3 Å². The Balaban J connectivity index is 3.49. The Morgan fingerprint density at radius 3 is 1.82 bits per heavy atom. The molecule has 0 saturated heterocycles. The van der Waals surface area contributed by atoms with E-state index in [9.17, 15) is 17.6 Å². The van der Waals surface area contributed by atoms with Crippen LogP contribution < -0.4 is 10.9 Å². The smallest absolute Gasteiger partial charge is 0.423 e. The quantitative estimate of drug-likeness (QED) is 0.370.